The summed E-state index contributed by atoms with van der Waals surface area (Å²) in [6.07, 6.45) is 2.45. The number of piperazine rings is 1. The van der Waals surface area contributed by atoms with Gasteiger partial charge in [0.2, 0.25) is 21.8 Å². The minimum Gasteiger partial charge on any atom is -0.490 e. The lowest BCUT2D eigenvalue weighted by Crippen LogP contribution is -2.52. The summed E-state index contributed by atoms with van der Waals surface area (Å²) in [7, 11) is -3.74. The molecule has 3 aliphatic heterocycles. The third-order valence-electron chi connectivity index (χ3n) is 6.40. The molecule has 0 bridgehead atoms. The van der Waals surface area contributed by atoms with Gasteiger partial charge in [0, 0.05) is 51.6 Å². The Bertz CT molecular complexity index is 1160. The second-order valence-corrected chi connectivity index (χ2v) is 10.6. The minimum absolute atomic E-state index is 0.0784. The van der Waals surface area contributed by atoms with Gasteiger partial charge in [-0.3, -0.25) is 9.59 Å². The molecule has 0 saturated carbocycles. The third kappa shape index (κ3) is 4.49. The van der Waals surface area contributed by atoms with Crippen molar-refractivity contribution >= 4 is 21.8 Å². The molecule has 182 valence electrons. The molecule has 34 heavy (non-hydrogen) atoms. The SMILES string of the molecule is O=C1CC(C(=O)N2CCN(S(=O)(=O)c3ccc4c(c3)OCCCO4)CC2)CN1Cc1ccco1. The normalized spacial score (nSPS) is 21.5. The first-order chi connectivity index (χ1) is 16.4. The molecular weight excluding hydrogens is 462 g/mol. The first kappa shape index (κ1) is 22.7. The van der Waals surface area contributed by atoms with Crippen molar-refractivity contribution in [2.45, 2.75) is 24.3 Å². The van der Waals surface area contributed by atoms with Crippen molar-refractivity contribution in [3.63, 3.8) is 0 Å². The molecule has 2 saturated heterocycles. The lowest BCUT2D eigenvalue weighted by atomic mass is 10.1. The Morgan fingerprint density at radius 3 is 2.53 bits per heavy atom. The molecular formula is C23H27N3O7S. The summed E-state index contributed by atoms with van der Waals surface area (Å²) in [5.41, 5.74) is 0. The first-order valence-corrected chi connectivity index (χ1v) is 12.8. The number of amides is 2. The van der Waals surface area contributed by atoms with E-state index in [1.807, 2.05) is 0 Å². The van der Waals surface area contributed by atoms with Crippen LogP contribution in [-0.2, 0) is 26.2 Å². The van der Waals surface area contributed by atoms with E-state index in [0.29, 0.717) is 43.6 Å². The van der Waals surface area contributed by atoms with E-state index in [2.05, 4.69) is 0 Å². The van der Waals surface area contributed by atoms with Crippen molar-refractivity contribution in [1.82, 2.24) is 14.1 Å². The molecule has 1 aromatic carbocycles. The molecule has 3 aliphatic rings. The number of ether oxygens (including phenoxy) is 2. The number of hydrogen-bond acceptors (Lipinski definition) is 7. The number of furan rings is 1. The zero-order valence-corrected chi connectivity index (χ0v) is 19.5. The number of fused-ring (bicyclic) bond motifs is 1. The number of benzene rings is 1. The summed E-state index contributed by atoms with van der Waals surface area (Å²) in [5, 5.41) is 0. The fraction of sp³-hybridized carbons (Fsp3) is 0.478. The molecule has 1 aromatic heterocycles. The number of rotatable bonds is 5. The van der Waals surface area contributed by atoms with Gasteiger partial charge in [-0.2, -0.15) is 4.31 Å². The van der Waals surface area contributed by atoms with Crippen LogP contribution < -0.4 is 9.47 Å². The molecule has 1 atom stereocenters. The predicted octanol–water partition coefficient (Wildman–Crippen LogP) is 1.32. The molecule has 1 unspecified atom stereocenters. The molecule has 0 N–H and O–H groups in total. The highest BCUT2D eigenvalue weighted by molar-refractivity contribution is 7.89. The van der Waals surface area contributed by atoms with E-state index in [9.17, 15) is 18.0 Å². The fourth-order valence-corrected chi connectivity index (χ4v) is 5.98. The summed E-state index contributed by atoms with van der Waals surface area (Å²) in [6, 6.07) is 8.21. The lowest BCUT2D eigenvalue weighted by molar-refractivity contribution is -0.137. The van der Waals surface area contributed by atoms with Crippen LogP contribution in [0.25, 0.3) is 0 Å². The van der Waals surface area contributed by atoms with Gasteiger partial charge in [-0.15, -0.1) is 0 Å². The minimum atomic E-state index is -3.74. The monoisotopic (exact) mass is 489 g/mol. The van der Waals surface area contributed by atoms with Gasteiger partial charge in [-0.25, -0.2) is 8.42 Å². The van der Waals surface area contributed by atoms with Crippen molar-refractivity contribution < 1.29 is 31.9 Å². The van der Waals surface area contributed by atoms with Crippen molar-refractivity contribution in [2.75, 3.05) is 45.9 Å². The maximum atomic E-state index is 13.2. The van der Waals surface area contributed by atoms with Crippen molar-refractivity contribution in [2.24, 2.45) is 5.92 Å². The van der Waals surface area contributed by atoms with E-state index in [1.165, 1.54) is 16.4 Å². The molecule has 5 rings (SSSR count). The summed E-state index contributed by atoms with van der Waals surface area (Å²) < 4.78 is 44.3. The van der Waals surface area contributed by atoms with Gasteiger partial charge in [-0.05, 0) is 24.3 Å². The van der Waals surface area contributed by atoms with Gasteiger partial charge < -0.3 is 23.7 Å². The van der Waals surface area contributed by atoms with E-state index in [1.54, 1.807) is 34.3 Å². The molecule has 2 aromatic rings. The van der Waals surface area contributed by atoms with Crippen LogP contribution in [0.3, 0.4) is 0 Å². The van der Waals surface area contributed by atoms with E-state index in [4.69, 9.17) is 13.9 Å². The largest absolute Gasteiger partial charge is 0.490 e. The number of likely N-dealkylation sites (tertiary alicyclic amines) is 1. The molecule has 2 amide bonds. The number of sulfonamides is 1. The van der Waals surface area contributed by atoms with Crippen LogP contribution in [0, 0.1) is 5.92 Å². The molecule has 10 nitrogen and oxygen atoms in total. The number of carbonyl (C=O) groups excluding carboxylic acids is 2. The standard InChI is InChI=1S/C23H27N3O7S/c27-22-13-17(15-25(22)16-18-3-1-10-31-18)23(28)24-6-8-26(9-7-24)34(29,30)19-4-5-20-21(14-19)33-12-2-11-32-20/h1,3-5,10,14,17H,2,6-9,11-13,15-16H2. The summed E-state index contributed by atoms with van der Waals surface area (Å²) in [4.78, 5) is 28.8. The van der Waals surface area contributed by atoms with E-state index >= 15 is 0 Å². The van der Waals surface area contributed by atoms with Crippen LogP contribution in [0.15, 0.2) is 45.9 Å². The Kier molecular flexibility index (Phi) is 6.22. The topological polar surface area (TPSA) is 110 Å². The summed E-state index contributed by atoms with van der Waals surface area (Å²) in [6.45, 7) is 2.64. The van der Waals surface area contributed by atoms with E-state index < -0.39 is 15.9 Å². The van der Waals surface area contributed by atoms with E-state index in [-0.39, 0.29) is 49.3 Å². The molecule has 4 heterocycles. The average Bonchev–Trinajstić information content (AvgIpc) is 3.42. The smallest absolute Gasteiger partial charge is 0.243 e. The Hall–Kier alpha value is -3.05. The van der Waals surface area contributed by atoms with Gasteiger partial charge in [0.25, 0.3) is 0 Å². The summed E-state index contributed by atoms with van der Waals surface area (Å²) in [5.74, 6) is 1.03. The highest BCUT2D eigenvalue weighted by Gasteiger charge is 2.39. The fourth-order valence-electron chi connectivity index (χ4n) is 4.54. The summed E-state index contributed by atoms with van der Waals surface area (Å²) >= 11 is 0. The second-order valence-electron chi connectivity index (χ2n) is 8.64. The molecule has 0 radical (unpaired) electrons. The Morgan fingerprint density at radius 2 is 1.79 bits per heavy atom. The van der Waals surface area contributed by atoms with Crippen LogP contribution in [-0.4, -0.2) is 80.3 Å². The highest BCUT2D eigenvalue weighted by atomic mass is 32.2. The van der Waals surface area contributed by atoms with Crippen molar-refractivity contribution in [1.29, 1.82) is 0 Å². The lowest BCUT2D eigenvalue weighted by Gasteiger charge is -2.35. The van der Waals surface area contributed by atoms with Gasteiger partial charge in [-0.1, -0.05) is 0 Å². The third-order valence-corrected chi connectivity index (χ3v) is 8.29. The molecule has 11 heteroatoms. The van der Waals surface area contributed by atoms with Crippen molar-refractivity contribution in [3.8, 4) is 11.5 Å². The van der Waals surface area contributed by atoms with Crippen LogP contribution in [0.2, 0.25) is 0 Å². The zero-order chi connectivity index (χ0) is 23.7. The van der Waals surface area contributed by atoms with Crippen LogP contribution in [0.5, 0.6) is 11.5 Å². The van der Waals surface area contributed by atoms with Crippen molar-refractivity contribution in [3.05, 3.63) is 42.4 Å². The maximum Gasteiger partial charge on any atom is 0.243 e. The van der Waals surface area contributed by atoms with E-state index in [0.717, 1.165) is 6.42 Å². The van der Waals surface area contributed by atoms with Gasteiger partial charge in [0.1, 0.15) is 5.76 Å². The van der Waals surface area contributed by atoms with Gasteiger partial charge >= 0.3 is 0 Å². The highest BCUT2D eigenvalue weighted by Crippen LogP contribution is 2.33. The molecule has 0 spiro atoms. The zero-order valence-electron chi connectivity index (χ0n) is 18.7. The Balaban J connectivity index is 1.19. The number of hydrogen-bond donors (Lipinski definition) is 0. The average molecular weight is 490 g/mol. The molecule has 0 aliphatic carbocycles. The Labute approximate surface area is 198 Å². The number of nitrogens with zero attached hydrogens (tertiary/aromatic N) is 3. The molecule has 2 fully saturated rings. The quantitative estimate of drug-likeness (QED) is 0.623. The maximum absolute atomic E-state index is 13.2. The Morgan fingerprint density at radius 1 is 1.03 bits per heavy atom. The van der Waals surface area contributed by atoms with Crippen LogP contribution >= 0.6 is 0 Å². The number of carbonyl (C=O) groups is 2. The first-order valence-electron chi connectivity index (χ1n) is 11.4. The van der Waals surface area contributed by atoms with Crippen LogP contribution in [0.4, 0.5) is 0 Å². The van der Waals surface area contributed by atoms with Crippen LogP contribution in [0.1, 0.15) is 18.6 Å². The predicted molar refractivity (Wildman–Crippen MR) is 120 cm³/mol. The van der Waals surface area contributed by atoms with Gasteiger partial charge in [0.05, 0.1) is 36.8 Å². The van der Waals surface area contributed by atoms with Gasteiger partial charge in [0.15, 0.2) is 11.5 Å². The second kappa shape index (κ2) is 9.30.